The fourth-order valence-electron chi connectivity index (χ4n) is 5.74. The molecule has 1 aliphatic heterocycles. The normalized spacial score (nSPS) is 51.4. The second kappa shape index (κ2) is 3.48. The monoisotopic (exact) mass is 218 g/mol. The first kappa shape index (κ1) is 9.94. The molecule has 5 aliphatic rings. The highest BCUT2D eigenvalue weighted by atomic mass is 15.1. The zero-order valence-electron chi connectivity index (χ0n) is 10.3. The van der Waals surface area contributed by atoms with E-state index in [1.165, 1.54) is 26.1 Å². The van der Waals surface area contributed by atoms with Crippen molar-refractivity contribution in [3.8, 4) is 0 Å². The lowest BCUT2D eigenvalue weighted by Gasteiger charge is -2.57. The molecule has 0 aromatic rings. The van der Waals surface area contributed by atoms with E-state index in [1.807, 2.05) is 0 Å². The molecule has 16 heavy (non-hydrogen) atoms. The van der Waals surface area contributed by atoms with Crippen LogP contribution in [0.3, 0.4) is 0 Å². The molecular weight excluding hydrogens is 194 g/mol. The first-order chi connectivity index (χ1) is 7.81. The zero-order chi connectivity index (χ0) is 10.6. The lowest BCUT2D eigenvalue weighted by atomic mass is 9.49. The van der Waals surface area contributed by atoms with Crippen LogP contribution in [0, 0.1) is 29.6 Å². The molecule has 1 saturated heterocycles. The van der Waals surface area contributed by atoms with Gasteiger partial charge in [0.25, 0.3) is 0 Å². The van der Waals surface area contributed by atoms with Crippen molar-refractivity contribution in [2.24, 2.45) is 23.2 Å². The van der Waals surface area contributed by atoms with Crippen LogP contribution in [0.5, 0.6) is 0 Å². The van der Waals surface area contributed by atoms with Gasteiger partial charge in [0.2, 0.25) is 0 Å². The minimum Gasteiger partial charge on any atom is -0.302 e. The first-order valence-electron chi connectivity index (χ1n) is 7.35. The van der Waals surface area contributed by atoms with Crippen molar-refractivity contribution in [3.63, 3.8) is 0 Å². The van der Waals surface area contributed by atoms with Gasteiger partial charge in [0.15, 0.2) is 0 Å². The topological polar surface area (TPSA) is 3.24 Å². The molecule has 4 bridgehead atoms. The summed E-state index contributed by atoms with van der Waals surface area (Å²) in [7, 11) is 0. The minimum atomic E-state index is 0.771. The molecule has 0 aromatic heterocycles. The molecule has 0 spiro atoms. The van der Waals surface area contributed by atoms with E-state index in [0.29, 0.717) is 0 Å². The average Bonchev–Trinajstić information content (AvgIpc) is 2.66. The van der Waals surface area contributed by atoms with Crippen molar-refractivity contribution in [2.45, 2.75) is 44.9 Å². The Morgan fingerprint density at radius 3 is 2.12 bits per heavy atom. The Labute approximate surface area is 99.6 Å². The van der Waals surface area contributed by atoms with Crippen molar-refractivity contribution in [2.75, 3.05) is 19.6 Å². The van der Waals surface area contributed by atoms with E-state index in [4.69, 9.17) is 0 Å². The predicted molar refractivity (Wildman–Crippen MR) is 66.0 cm³/mol. The Hall–Kier alpha value is -0.0400. The maximum absolute atomic E-state index is 2.73. The van der Waals surface area contributed by atoms with Crippen molar-refractivity contribution in [1.82, 2.24) is 4.90 Å². The zero-order valence-corrected chi connectivity index (χ0v) is 10.3. The summed E-state index contributed by atoms with van der Waals surface area (Å²) in [6.45, 7) is 4.07. The Bertz CT molecular complexity index is 242. The summed E-state index contributed by atoms with van der Waals surface area (Å²) >= 11 is 0. The smallest absolute Gasteiger partial charge is 0.00384 e. The van der Waals surface area contributed by atoms with Crippen molar-refractivity contribution in [3.05, 3.63) is 6.42 Å². The first-order valence-corrected chi connectivity index (χ1v) is 7.35. The third kappa shape index (κ3) is 1.54. The molecule has 0 atom stereocenters. The number of nitrogens with zero attached hydrogens (tertiary/aromatic N) is 1. The minimum absolute atomic E-state index is 0.771. The molecule has 0 unspecified atom stereocenters. The van der Waals surface area contributed by atoms with E-state index in [1.54, 1.807) is 38.5 Å². The number of hydrogen-bond acceptors (Lipinski definition) is 1. The van der Waals surface area contributed by atoms with Gasteiger partial charge in [-0.1, -0.05) is 0 Å². The molecular formula is C15H24N. The molecule has 5 rings (SSSR count). The third-order valence-corrected chi connectivity index (χ3v) is 5.76. The van der Waals surface area contributed by atoms with Gasteiger partial charge in [-0.25, -0.2) is 0 Å². The lowest BCUT2D eigenvalue weighted by Crippen LogP contribution is -2.50. The summed E-state index contributed by atoms with van der Waals surface area (Å²) in [5, 5.41) is 0. The van der Waals surface area contributed by atoms with E-state index in [-0.39, 0.29) is 0 Å². The summed E-state index contributed by atoms with van der Waals surface area (Å²) in [5.74, 6) is 3.37. The van der Waals surface area contributed by atoms with E-state index in [0.717, 1.165) is 23.2 Å². The maximum atomic E-state index is 2.73. The molecule has 1 radical (unpaired) electrons. The van der Waals surface area contributed by atoms with Gasteiger partial charge in [-0.3, -0.25) is 0 Å². The number of likely N-dealkylation sites (tertiary alicyclic amines) is 1. The van der Waals surface area contributed by atoms with Crippen LogP contribution in [0.25, 0.3) is 0 Å². The summed E-state index contributed by atoms with van der Waals surface area (Å²) in [5.41, 5.74) is 0.771. The van der Waals surface area contributed by atoms with Crippen LogP contribution < -0.4 is 0 Å². The van der Waals surface area contributed by atoms with Gasteiger partial charge in [-0.05, 0) is 81.1 Å². The fraction of sp³-hybridized carbons (Fsp3) is 0.933. The molecule has 89 valence electrons. The van der Waals surface area contributed by atoms with E-state index in [9.17, 15) is 0 Å². The lowest BCUT2D eigenvalue weighted by molar-refractivity contribution is -0.0662. The van der Waals surface area contributed by atoms with Gasteiger partial charge in [0.05, 0.1) is 0 Å². The third-order valence-electron chi connectivity index (χ3n) is 5.76. The largest absolute Gasteiger partial charge is 0.302 e. The molecule has 4 aliphatic carbocycles. The van der Waals surface area contributed by atoms with Crippen LogP contribution in [0.4, 0.5) is 0 Å². The van der Waals surface area contributed by atoms with E-state index < -0.39 is 0 Å². The standard InChI is InChI=1S/C15H24N/c1-2-4-16(3-1)11-15-8-12-5-13(9-15)7-14(6-12)10-15/h1,12-14H,2-11H2. The highest BCUT2D eigenvalue weighted by Crippen LogP contribution is 2.60. The molecule has 0 N–H and O–H groups in total. The van der Waals surface area contributed by atoms with Gasteiger partial charge in [0, 0.05) is 13.1 Å². The predicted octanol–water partition coefficient (Wildman–Crippen LogP) is 3.11. The van der Waals surface area contributed by atoms with E-state index >= 15 is 0 Å². The second-order valence-electron chi connectivity index (χ2n) is 7.23. The SMILES string of the molecule is [CH]1CCN(CC23CC4CC(CC(C4)C2)C3)C1. The Kier molecular flexibility index (Phi) is 2.16. The van der Waals surface area contributed by atoms with Crippen molar-refractivity contribution in [1.29, 1.82) is 0 Å². The van der Waals surface area contributed by atoms with E-state index in [2.05, 4.69) is 11.3 Å². The maximum Gasteiger partial charge on any atom is 0.00384 e. The quantitative estimate of drug-likeness (QED) is 0.688. The molecule has 0 aromatic carbocycles. The number of rotatable bonds is 2. The van der Waals surface area contributed by atoms with Gasteiger partial charge < -0.3 is 4.90 Å². The molecule has 0 amide bonds. The molecule has 1 heteroatoms. The van der Waals surface area contributed by atoms with Crippen LogP contribution in [0.2, 0.25) is 0 Å². The van der Waals surface area contributed by atoms with Gasteiger partial charge in [-0.15, -0.1) is 0 Å². The summed E-state index contributed by atoms with van der Waals surface area (Å²) in [4.78, 5) is 2.73. The Balaban J connectivity index is 1.52. The van der Waals surface area contributed by atoms with Crippen LogP contribution in [-0.2, 0) is 0 Å². The number of hydrogen-bond donors (Lipinski definition) is 0. The molecule has 5 fully saturated rings. The van der Waals surface area contributed by atoms with Gasteiger partial charge in [-0.2, -0.15) is 0 Å². The van der Waals surface area contributed by atoms with Gasteiger partial charge in [0.1, 0.15) is 0 Å². The average molecular weight is 218 g/mol. The summed E-state index contributed by atoms with van der Waals surface area (Å²) in [6, 6.07) is 0. The molecule has 4 saturated carbocycles. The van der Waals surface area contributed by atoms with Crippen molar-refractivity contribution < 1.29 is 0 Å². The van der Waals surface area contributed by atoms with Crippen molar-refractivity contribution >= 4 is 0 Å². The highest BCUT2D eigenvalue weighted by molar-refractivity contribution is 5.03. The second-order valence-corrected chi connectivity index (χ2v) is 7.23. The highest BCUT2D eigenvalue weighted by Gasteiger charge is 2.51. The van der Waals surface area contributed by atoms with Crippen LogP contribution in [0.1, 0.15) is 44.9 Å². The summed E-state index contributed by atoms with van der Waals surface area (Å²) in [6.07, 6.45) is 13.3. The molecule has 1 heterocycles. The van der Waals surface area contributed by atoms with Gasteiger partial charge >= 0.3 is 0 Å². The Morgan fingerprint density at radius 1 is 1.00 bits per heavy atom. The Morgan fingerprint density at radius 2 is 1.62 bits per heavy atom. The summed E-state index contributed by atoms with van der Waals surface area (Å²) < 4.78 is 0. The van der Waals surface area contributed by atoms with Crippen LogP contribution >= 0.6 is 0 Å². The fourth-order valence-corrected chi connectivity index (χ4v) is 5.74. The van der Waals surface area contributed by atoms with Crippen LogP contribution in [-0.4, -0.2) is 24.5 Å². The molecule has 1 nitrogen and oxygen atoms in total. The van der Waals surface area contributed by atoms with Crippen LogP contribution in [0.15, 0.2) is 0 Å².